The zero-order valence-corrected chi connectivity index (χ0v) is 33.8. The number of pyridine rings is 6. The number of rotatable bonds is 5. The average molecular weight is 939 g/mol. The maximum Gasteiger partial charge on any atom is 2.00 e. The summed E-state index contributed by atoms with van der Waals surface area (Å²) in [6.45, 7) is 0. The van der Waals surface area contributed by atoms with Crippen molar-refractivity contribution in [1.29, 1.82) is 0 Å². The van der Waals surface area contributed by atoms with Crippen LogP contribution in [0.1, 0.15) is 0 Å². The van der Waals surface area contributed by atoms with Crippen LogP contribution in [-0.2, 0) is 19.5 Å². The van der Waals surface area contributed by atoms with Gasteiger partial charge in [0.05, 0.1) is 22.1 Å². The molecule has 0 aliphatic carbocycles. The van der Waals surface area contributed by atoms with Gasteiger partial charge in [-0.1, -0.05) is 54.6 Å². The van der Waals surface area contributed by atoms with Gasteiger partial charge in [0.25, 0.3) is 0 Å². The van der Waals surface area contributed by atoms with Crippen LogP contribution in [0.25, 0.3) is 44.2 Å². The van der Waals surface area contributed by atoms with Crippen LogP contribution in [0.2, 0.25) is 0 Å². The van der Waals surface area contributed by atoms with E-state index in [9.17, 15) is 0 Å². The molecule has 0 saturated heterocycles. The van der Waals surface area contributed by atoms with Crippen molar-refractivity contribution in [3.05, 3.63) is 165 Å². The Balaban J connectivity index is 0.000000185. The summed E-state index contributed by atoms with van der Waals surface area (Å²) in [6.07, 6.45) is 10.6. The number of halogens is 2. The van der Waals surface area contributed by atoms with Crippen LogP contribution in [0.3, 0.4) is 0 Å². The second kappa shape index (κ2) is 22.8. The Bertz CT molecular complexity index is 2370. The first-order chi connectivity index (χ1) is 28.3. The van der Waals surface area contributed by atoms with Crippen LogP contribution in [0, 0.1) is 20.5 Å². The Hall–Kier alpha value is -6.19. The molecule has 0 radical (unpaired) electrons. The van der Waals surface area contributed by atoms with Gasteiger partial charge < -0.3 is 15.6 Å². The van der Waals surface area contributed by atoms with Crippen molar-refractivity contribution in [2.45, 2.75) is 0 Å². The quantitative estimate of drug-likeness (QED) is 0.141. The molecular formula is C39H30Cl2N10O8Ru. The molecule has 7 heterocycles. The standard InChI is InChI=1S/C19H12N4.2C10H9N3.2ClHO4.Ru/c1-2-6-12(7-3-1)19-22-17-13-8-4-10-20-15(13)16-14(18(17)23-19)9-5-11-21-16;2*1-3-7-11-9(5-1)13-10-6-2-4-8-12-10;2*2-1(3,4)5;/h1-11H,(H,22,23);2*1-8H,(H,11,12,13);2*(H,2,3,4,5);/q;;;;;+2/p-2. The van der Waals surface area contributed by atoms with Gasteiger partial charge in [0, 0.05) is 53.5 Å². The van der Waals surface area contributed by atoms with Crippen LogP contribution in [-0.4, -0.2) is 39.9 Å². The van der Waals surface area contributed by atoms with E-state index in [1.165, 1.54) is 0 Å². The zero-order chi connectivity index (χ0) is 42.1. The number of nitrogens with zero attached hydrogens (tertiary/aromatic N) is 7. The second-order valence-corrected chi connectivity index (χ2v) is 12.9. The van der Waals surface area contributed by atoms with Crippen molar-refractivity contribution in [3.63, 3.8) is 0 Å². The van der Waals surface area contributed by atoms with E-state index >= 15 is 0 Å². The van der Waals surface area contributed by atoms with Crippen LogP contribution < -0.4 is 47.9 Å². The average Bonchev–Trinajstić information content (AvgIpc) is 3.69. The first kappa shape index (κ1) is 46.5. The Morgan fingerprint density at radius 2 is 0.733 bits per heavy atom. The summed E-state index contributed by atoms with van der Waals surface area (Å²) in [5, 5.41) is 8.23. The number of benzene rings is 2. The van der Waals surface area contributed by atoms with E-state index in [1.54, 1.807) is 37.2 Å². The fourth-order valence-corrected chi connectivity index (χ4v) is 5.09. The Morgan fingerprint density at radius 3 is 1.12 bits per heavy atom. The molecule has 0 bridgehead atoms. The number of hydrogen-bond acceptors (Lipinski definition) is 17. The van der Waals surface area contributed by atoms with Crippen LogP contribution in [0.15, 0.2) is 165 Å². The molecule has 0 amide bonds. The summed E-state index contributed by atoms with van der Waals surface area (Å²) in [5.74, 6) is 4.09. The third kappa shape index (κ3) is 15.9. The van der Waals surface area contributed by atoms with Crippen LogP contribution in [0.4, 0.5) is 23.3 Å². The number of aromatic nitrogens is 8. The van der Waals surface area contributed by atoms with Gasteiger partial charge in [0.1, 0.15) is 29.1 Å². The SMILES string of the molecule is [O-][Cl+3]([O-])([O-])[O-].[O-][Cl+3]([O-])([O-])[O-].[Ru+2].c1ccc(-c2nc3c4cccnc4c4ncccc4c3[nH]2)cc1.c1ccc(Nc2ccccn2)nc1.c1ccc(Nc2ccccn2)nc1. The van der Waals surface area contributed by atoms with Gasteiger partial charge in [-0.15, -0.1) is 20.5 Å². The van der Waals surface area contributed by atoms with Crippen LogP contribution >= 0.6 is 0 Å². The van der Waals surface area contributed by atoms with E-state index in [4.69, 9.17) is 42.3 Å². The number of nitrogens with one attached hydrogen (secondary N) is 3. The van der Waals surface area contributed by atoms with Gasteiger partial charge in [-0.25, -0.2) is 62.2 Å². The van der Waals surface area contributed by atoms with Gasteiger partial charge in [0.15, 0.2) is 0 Å². The van der Waals surface area contributed by atoms with Gasteiger partial charge >= 0.3 is 19.5 Å². The van der Waals surface area contributed by atoms with Gasteiger partial charge in [-0.3, -0.25) is 9.97 Å². The number of imidazole rings is 1. The van der Waals surface area contributed by atoms with E-state index in [1.807, 2.05) is 103 Å². The van der Waals surface area contributed by atoms with Crippen LogP contribution in [0.5, 0.6) is 0 Å². The molecule has 9 rings (SSSR count). The maximum absolute atomic E-state index is 8.49. The van der Waals surface area contributed by atoms with Gasteiger partial charge in [-0.2, -0.15) is 0 Å². The van der Waals surface area contributed by atoms with Crippen molar-refractivity contribution < 1.29 is 77.2 Å². The van der Waals surface area contributed by atoms with Gasteiger partial charge in [-0.05, 0) is 72.8 Å². The summed E-state index contributed by atoms with van der Waals surface area (Å²) in [4.78, 5) is 33.9. The molecule has 60 heavy (non-hydrogen) atoms. The number of anilines is 4. The molecule has 18 nitrogen and oxygen atoms in total. The van der Waals surface area contributed by atoms with E-state index in [0.717, 1.165) is 67.5 Å². The maximum atomic E-state index is 8.49. The van der Waals surface area contributed by atoms with Crippen molar-refractivity contribution in [2.24, 2.45) is 0 Å². The topological polar surface area (TPSA) is 315 Å². The first-order valence-corrected chi connectivity index (χ1v) is 19.3. The molecule has 3 N–H and O–H groups in total. The molecule has 7 aromatic heterocycles. The summed E-state index contributed by atoms with van der Waals surface area (Å²) in [6, 6.07) is 41.0. The summed E-state index contributed by atoms with van der Waals surface area (Å²) in [5.41, 5.74) is 4.80. The van der Waals surface area contributed by atoms with E-state index in [0.29, 0.717) is 0 Å². The molecule has 9 aromatic rings. The normalized spacial score (nSPS) is 10.5. The summed E-state index contributed by atoms with van der Waals surface area (Å²) >= 11 is 0. The monoisotopic (exact) mass is 938 g/mol. The second-order valence-electron chi connectivity index (χ2n) is 11.3. The summed E-state index contributed by atoms with van der Waals surface area (Å²) in [7, 11) is -9.89. The number of H-pyrrole nitrogens is 1. The third-order valence-electron chi connectivity index (χ3n) is 7.29. The largest absolute Gasteiger partial charge is 2.00 e. The molecule has 21 heteroatoms. The van der Waals surface area contributed by atoms with E-state index < -0.39 is 20.5 Å². The number of fused-ring (bicyclic) bond motifs is 6. The molecule has 0 spiro atoms. The molecule has 0 aliphatic rings. The predicted molar refractivity (Wildman–Crippen MR) is 196 cm³/mol. The number of aromatic amines is 1. The van der Waals surface area contributed by atoms with E-state index in [-0.39, 0.29) is 19.5 Å². The molecule has 0 atom stereocenters. The fourth-order valence-electron chi connectivity index (χ4n) is 5.09. The predicted octanol–water partition coefficient (Wildman–Crippen LogP) is -0.748. The Morgan fingerprint density at radius 1 is 0.383 bits per heavy atom. The van der Waals surface area contributed by atoms with Gasteiger partial charge in [0.2, 0.25) is 0 Å². The van der Waals surface area contributed by atoms with Crippen molar-refractivity contribution in [3.8, 4) is 11.4 Å². The first-order valence-electron chi connectivity index (χ1n) is 16.8. The minimum absolute atomic E-state index is 0. The molecule has 0 unspecified atom stereocenters. The Labute approximate surface area is 358 Å². The molecule has 0 fully saturated rings. The minimum Gasteiger partial charge on any atom is -0.337 e. The molecule has 0 saturated carbocycles. The van der Waals surface area contributed by atoms with Crippen molar-refractivity contribution in [2.75, 3.05) is 10.6 Å². The Kier molecular flexibility index (Phi) is 17.7. The minimum atomic E-state index is -4.94. The number of hydrogen-bond donors (Lipinski definition) is 3. The summed E-state index contributed by atoms with van der Waals surface area (Å²) < 4.78 is 67.9. The fraction of sp³-hybridized carbons (Fsp3) is 0. The molecule has 306 valence electrons. The smallest absolute Gasteiger partial charge is 0.337 e. The van der Waals surface area contributed by atoms with Crippen molar-refractivity contribution in [1.82, 2.24) is 39.9 Å². The van der Waals surface area contributed by atoms with E-state index in [2.05, 4.69) is 69.8 Å². The molecular weight excluding hydrogens is 908 g/mol. The molecule has 0 aliphatic heterocycles. The molecule has 2 aromatic carbocycles. The zero-order valence-electron chi connectivity index (χ0n) is 30.6. The van der Waals surface area contributed by atoms with Crippen molar-refractivity contribution >= 4 is 56.1 Å². The third-order valence-corrected chi connectivity index (χ3v) is 7.29.